The van der Waals surface area contributed by atoms with Crippen molar-refractivity contribution in [2.75, 3.05) is 7.11 Å². The lowest BCUT2D eigenvalue weighted by atomic mass is 10.2. The average molecular weight is 211 g/mol. The molecule has 0 rings (SSSR count). The normalized spacial score (nSPS) is 8.53. The van der Waals surface area contributed by atoms with Gasteiger partial charge in [0.15, 0.2) is 0 Å². The maximum atomic E-state index is 4.87. The lowest BCUT2D eigenvalue weighted by Gasteiger charge is -2.02. The molecule has 88 valence electrons. The molecule has 0 aliphatic rings. The van der Waals surface area contributed by atoms with E-state index in [0.717, 1.165) is 5.57 Å². The number of rotatable bonds is 4. The number of hydrogen-bond acceptors (Lipinski definition) is 2. The summed E-state index contributed by atoms with van der Waals surface area (Å²) >= 11 is 0. The Kier molecular flexibility index (Phi) is 19.5. The minimum Gasteiger partial charge on any atom is -0.495 e. The van der Waals surface area contributed by atoms with Crippen molar-refractivity contribution in [3.8, 4) is 0 Å². The van der Waals surface area contributed by atoms with Crippen LogP contribution in [0, 0.1) is 0 Å². The summed E-state index contributed by atoms with van der Waals surface area (Å²) in [5.41, 5.74) is 1.52. The van der Waals surface area contributed by atoms with Crippen LogP contribution in [0.4, 0.5) is 0 Å². The zero-order valence-electron chi connectivity index (χ0n) is 11.1. The fourth-order valence-corrected chi connectivity index (χ4v) is 0.552. The number of methoxy groups -OCH3 is 1. The summed E-state index contributed by atoms with van der Waals surface area (Å²) in [6, 6.07) is 0. The van der Waals surface area contributed by atoms with Crippen LogP contribution in [0.15, 0.2) is 41.3 Å². The Morgan fingerprint density at radius 1 is 1.13 bits per heavy atom. The molecule has 0 unspecified atom stereocenters. The lowest BCUT2D eigenvalue weighted by molar-refractivity contribution is 0.302. The Morgan fingerprint density at radius 3 is 1.73 bits per heavy atom. The van der Waals surface area contributed by atoms with Gasteiger partial charge in [-0.1, -0.05) is 46.4 Å². The average Bonchev–Trinajstić information content (AvgIpc) is 2.30. The van der Waals surface area contributed by atoms with Crippen molar-refractivity contribution in [2.45, 2.75) is 34.6 Å². The van der Waals surface area contributed by atoms with Gasteiger partial charge in [-0.15, -0.1) is 0 Å². The van der Waals surface area contributed by atoms with Gasteiger partial charge >= 0.3 is 0 Å². The largest absolute Gasteiger partial charge is 0.495 e. The van der Waals surface area contributed by atoms with Gasteiger partial charge in [0, 0.05) is 0 Å². The third kappa shape index (κ3) is 12.7. The number of ether oxygens (including phenoxy) is 1. The van der Waals surface area contributed by atoms with E-state index in [2.05, 4.69) is 24.9 Å². The van der Waals surface area contributed by atoms with Crippen LogP contribution in [0.2, 0.25) is 0 Å². The monoisotopic (exact) mass is 211 g/mol. The first-order valence-corrected chi connectivity index (χ1v) is 5.19. The number of nitrogens with zero attached hydrogens (tertiary/aromatic N) is 1. The molecule has 0 fully saturated rings. The minimum atomic E-state index is 0.503. The molecule has 15 heavy (non-hydrogen) atoms. The lowest BCUT2D eigenvalue weighted by Crippen LogP contribution is -1.87. The molecule has 0 spiro atoms. The summed E-state index contributed by atoms with van der Waals surface area (Å²) < 4.78 is 4.87. The molecule has 0 saturated carbocycles. The molecule has 0 aromatic heterocycles. The molecule has 2 nitrogen and oxygen atoms in total. The quantitative estimate of drug-likeness (QED) is 0.384. The predicted octanol–water partition coefficient (Wildman–Crippen LogP) is 4.36. The summed E-state index contributed by atoms with van der Waals surface area (Å²) in [6.45, 7) is 20.6. The second-order valence-electron chi connectivity index (χ2n) is 2.16. The van der Waals surface area contributed by atoms with Crippen LogP contribution in [0.25, 0.3) is 0 Å². The zero-order chi connectivity index (χ0) is 12.9. The molecule has 0 aromatic rings. The molecule has 0 atom stereocenters. The van der Waals surface area contributed by atoms with Gasteiger partial charge in [0.05, 0.1) is 7.11 Å². The van der Waals surface area contributed by atoms with Crippen LogP contribution in [0.5, 0.6) is 0 Å². The Bertz CT molecular complexity index is 215. The molecule has 0 saturated heterocycles. The van der Waals surface area contributed by atoms with E-state index in [-0.39, 0.29) is 0 Å². The smallest absolute Gasteiger partial charge is 0.137 e. The third-order valence-electron chi connectivity index (χ3n) is 1.09. The zero-order valence-corrected chi connectivity index (χ0v) is 11.1. The summed E-state index contributed by atoms with van der Waals surface area (Å²) in [6.07, 6.45) is 1.76. The molecule has 0 bridgehead atoms. The highest BCUT2D eigenvalue weighted by Gasteiger charge is 1.97. The van der Waals surface area contributed by atoms with Gasteiger partial charge in [0.2, 0.25) is 0 Å². The first-order chi connectivity index (χ1) is 7.11. The van der Waals surface area contributed by atoms with E-state index in [1.807, 2.05) is 34.6 Å². The predicted molar refractivity (Wildman–Crippen MR) is 71.3 cm³/mol. The Hall–Kier alpha value is -1.31. The van der Waals surface area contributed by atoms with Crippen LogP contribution >= 0.6 is 0 Å². The first-order valence-electron chi connectivity index (χ1n) is 5.19. The van der Waals surface area contributed by atoms with Crippen molar-refractivity contribution in [3.63, 3.8) is 0 Å². The van der Waals surface area contributed by atoms with Gasteiger partial charge < -0.3 is 4.74 Å². The number of hydrogen-bond donors (Lipinski definition) is 0. The maximum absolute atomic E-state index is 4.87. The van der Waals surface area contributed by atoms with Crippen LogP contribution in [-0.2, 0) is 4.74 Å². The van der Waals surface area contributed by atoms with E-state index in [1.165, 1.54) is 0 Å². The second kappa shape index (κ2) is 15.2. The molecule has 0 radical (unpaired) electrons. The van der Waals surface area contributed by atoms with Crippen molar-refractivity contribution < 1.29 is 4.74 Å². The number of allylic oxidation sites excluding steroid dienone is 2. The molecular weight excluding hydrogens is 186 g/mol. The SMILES string of the molecule is C=N/C(=C/C(=C)C)C(=C)OC.CC.CC. The molecule has 0 aliphatic carbocycles. The van der Waals surface area contributed by atoms with E-state index in [9.17, 15) is 0 Å². The third-order valence-corrected chi connectivity index (χ3v) is 1.09. The van der Waals surface area contributed by atoms with E-state index < -0.39 is 0 Å². The van der Waals surface area contributed by atoms with Gasteiger partial charge in [-0.2, -0.15) is 0 Å². The Labute approximate surface area is 95.1 Å². The first kappa shape index (κ1) is 19.3. The summed E-state index contributed by atoms with van der Waals surface area (Å²) in [7, 11) is 1.54. The van der Waals surface area contributed by atoms with Gasteiger partial charge in [0.1, 0.15) is 11.5 Å². The Morgan fingerprint density at radius 2 is 1.53 bits per heavy atom. The molecule has 0 amide bonds. The minimum absolute atomic E-state index is 0.503. The van der Waals surface area contributed by atoms with Crippen LogP contribution in [0.1, 0.15) is 34.6 Å². The fraction of sp³-hybridized carbons (Fsp3) is 0.462. The highest BCUT2D eigenvalue weighted by atomic mass is 16.5. The van der Waals surface area contributed by atoms with Gasteiger partial charge in [0.25, 0.3) is 0 Å². The van der Waals surface area contributed by atoms with E-state index >= 15 is 0 Å². The van der Waals surface area contributed by atoms with E-state index in [1.54, 1.807) is 13.2 Å². The van der Waals surface area contributed by atoms with Crippen molar-refractivity contribution in [1.29, 1.82) is 0 Å². The Balaban J connectivity index is -0.000000318. The van der Waals surface area contributed by atoms with Crippen LogP contribution in [-0.4, -0.2) is 13.8 Å². The van der Waals surface area contributed by atoms with Gasteiger partial charge in [-0.05, 0) is 19.7 Å². The van der Waals surface area contributed by atoms with Gasteiger partial charge in [-0.3, -0.25) is 4.99 Å². The summed E-state index contributed by atoms with van der Waals surface area (Å²) in [4.78, 5) is 3.72. The molecular formula is C13H25NO. The fourth-order valence-electron chi connectivity index (χ4n) is 0.552. The molecule has 0 heterocycles. The molecule has 0 aromatic carbocycles. The summed E-state index contributed by atoms with van der Waals surface area (Å²) in [5, 5.41) is 0. The van der Waals surface area contributed by atoms with Crippen molar-refractivity contribution >= 4 is 6.72 Å². The van der Waals surface area contributed by atoms with E-state index in [0.29, 0.717) is 11.5 Å². The molecule has 2 heteroatoms. The van der Waals surface area contributed by atoms with Crippen molar-refractivity contribution in [2.24, 2.45) is 4.99 Å². The van der Waals surface area contributed by atoms with Crippen molar-refractivity contribution in [3.05, 3.63) is 36.3 Å². The maximum Gasteiger partial charge on any atom is 0.137 e. The second-order valence-corrected chi connectivity index (χ2v) is 2.16. The van der Waals surface area contributed by atoms with Crippen molar-refractivity contribution in [1.82, 2.24) is 0 Å². The van der Waals surface area contributed by atoms with Crippen LogP contribution < -0.4 is 0 Å². The highest BCUT2D eigenvalue weighted by molar-refractivity contribution is 5.38. The molecule has 0 N–H and O–H groups in total. The van der Waals surface area contributed by atoms with Crippen LogP contribution in [0.3, 0.4) is 0 Å². The highest BCUT2D eigenvalue weighted by Crippen LogP contribution is 2.10. The van der Waals surface area contributed by atoms with E-state index in [4.69, 9.17) is 4.74 Å². The number of aliphatic imine (C=N–C) groups is 1. The topological polar surface area (TPSA) is 21.6 Å². The molecule has 0 aliphatic heterocycles. The summed E-state index contributed by atoms with van der Waals surface area (Å²) in [5.74, 6) is 0.503. The van der Waals surface area contributed by atoms with Gasteiger partial charge in [-0.25, -0.2) is 0 Å². The standard InChI is InChI=1S/C9H13NO.2C2H6/c1-7(2)6-9(10-4)8(3)11-5;2*1-2/h6H,1,3-4H2,2,5H3;2*1-2H3/b9-6+;;.